The van der Waals surface area contributed by atoms with Gasteiger partial charge in [0, 0.05) is 99.4 Å². The summed E-state index contributed by atoms with van der Waals surface area (Å²) in [5.74, 6) is -7.86. The number of Topliss-reactive ketones (excluding diaryl/α,β-unsaturated/α-hetero) is 1. The van der Waals surface area contributed by atoms with Crippen LogP contribution in [0.4, 0.5) is 5.69 Å². The molecule has 0 aliphatic carbocycles. The quantitative estimate of drug-likeness (QED) is 0.143. The van der Waals surface area contributed by atoms with Gasteiger partial charge >= 0.3 is 11.8 Å². The van der Waals surface area contributed by atoms with Gasteiger partial charge in [-0.25, -0.2) is 0 Å². The first-order chi connectivity index (χ1) is 27.2. The first kappa shape index (κ1) is 44.4. The van der Waals surface area contributed by atoms with Crippen molar-refractivity contribution >= 4 is 34.1 Å². The number of rotatable bonds is 4. The average Bonchev–Trinajstić information content (AvgIpc) is 3.45. The number of hydrogen-bond acceptors (Lipinski definition) is 14. The standard InChI is InChI=1S/C43H59N3O12/c1-21-12-11-13-22(2)42(54)44-33-28(20-46-17-15-45(9)16-18-46)37(51)30-31(38(33)52)36(50)26(6)40-32(30)41(53)43(8,58-40)56-19-14-29(55-10)23(3)39(57-27(7)47)25(5)35(49)24(4)34(21)48/h11-14,19,21,23-25,29,34-35,39,48-52H,15-18,20H2,1-10H3,(H,44,54)/t21-,23+,24-,25-,29+,34-,35-,39+,43-/m0/s1. The van der Waals surface area contributed by atoms with E-state index in [1.807, 2.05) is 11.9 Å². The third-order valence-corrected chi connectivity index (χ3v) is 12.1. The first-order valence-corrected chi connectivity index (χ1v) is 19.7. The number of carbonyl (C=O) groups is 3. The number of allylic oxidation sites excluding steroid dienone is 2. The van der Waals surface area contributed by atoms with Crippen molar-refractivity contribution in [1.29, 1.82) is 0 Å². The van der Waals surface area contributed by atoms with Gasteiger partial charge in [0.1, 0.15) is 23.4 Å². The number of esters is 1. The molecule has 0 saturated carbocycles. The smallest absolute Gasteiger partial charge is 0.312 e. The molecule has 1 amide bonds. The van der Waals surface area contributed by atoms with Crippen LogP contribution in [-0.2, 0) is 30.3 Å². The predicted octanol–water partition coefficient (Wildman–Crippen LogP) is 4.50. The van der Waals surface area contributed by atoms with E-state index in [1.54, 1.807) is 46.8 Å². The molecule has 15 nitrogen and oxygen atoms in total. The lowest BCUT2D eigenvalue weighted by Gasteiger charge is -2.38. The van der Waals surface area contributed by atoms with Crippen LogP contribution in [0.1, 0.15) is 70.0 Å². The zero-order valence-electron chi connectivity index (χ0n) is 35.0. The minimum Gasteiger partial charge on any atom is -0.507 e. The number of phenols is 3. The highest BCUT2D eigenvalue weighted by molar-refractivity contribution is 6.22. The summed E-state index contributed by atoms with van der Waals surface area (Å²) in [6, 6.07) is 0. The van der Waals surface area contributed by atoms with Crippen LogP contribution in [0.3, 0.4) is 0 Å². The van der Waals surface area contributed by atoms with Gasteiger partial charge in [0.25, 0.3) is 11.7 Å². The topological polar surface area (TPSA) is 208 Å². The maximum atomic E-state index is 14.4. The fourth-order valence-electron chi connectivity index (χ4n) is 8.17. The molecule has 15 heteroatoms. The Morgan fingerprint density at radius 1 is 0.931 bits per heavy atom. The number of amides is 1. The molecule has 1 saturated heterocycles. The number of ketones is 1. The van der Waals surface area contributed by atoms with Gasteiger partial charge in [-0.1, -0.05) is 45.9 Å². The Morgan fingerprint density at radius 3 is 2.21 bits per heavy atom. The number of nitrogens with one attached hydrogen (secondary N) is 1. The Labute approximate surface area is 339 Å². The van der Waals surface area contributed by atoms with Crippen molar-refractivity contribution in [3.05, 3.63) is 52.8 Å². The second-order valence-corrected chi connectivity index (χ2v) is 16.3. The van der Waals surface area contributed by atoms with E-state index in [9.17, 15) is 39.9 Å². The molecule has 6 rings (SSSR count). The molecule has 0 aromatic heterocycles. The fraction of sp³-hybridized carbons (Fsp3) is 0.558. The molecule has 0 unspecified atom stereocenters. The first-order valence-electron chi connectivity index (χ1n) is 19.7. The molecule has 0 radical (unpaired) electrons. The largest absolute Gasteiger partial charge is 0.507 e. The summed E-state index contributed by atoms with van der Waals surface area (Å²) < 4.78 is 23.7. The van der Waals surface area contributed by atoms with Crippen molar-refractivity contribution in [2.24, 2.45) is 23.7 Å². The van der Waals surface area contributed by atoms with Crippen molar-refractivity contribution in [1.82, 2.24) is 9.80 Å². The lowest BCUT2D eigenvalue weighted by atomic mass is 9.78. The predicted molar refractivity (Wildman–Crippen MR) is 217 cm³/mol. The minimum absolute atomic E-state index is 0.0565. The summed E-state index contributed by atoms with van der Waals surface area (Å²) >= 11 is 0. The van der Waals surface area contributed by atoms with Gasteiger partial charge < -0.3 is 54.7 Å². The minimum atomic E-state index is -2.01. The Hall–Kier alpha value is -4.67. The van der Waals surface area contributed by atoms with Gasteiger partial charge in [0.2, 0.25) is 0 Å². The number of ether oxygens (including phenoxy) is 4. The molecule has 6 N–H and O–H groups in total. The molecule has 4 aliphatic heterocycles. The number of aliphatic hydroxyl groups excluding tert-OH is 2. The average molecular weight is 810 g/mol. The van der Waals surface area contributed by atoms with Crippen LogP contribution in [0, 0.1) is 30.6 Å². The highest BCUT2D eigenvalue weighted by atomic mass is 16.7. The normalized spacial score (nSPS) is 30.6. The number of anilines is 1. The zero-order chi connectivity index (χ0) is 43.0. The maximum absolute atomic E-state index is 14.4. The number of likely N-dealkylation sites (N-methyl/N-ethyl adjacent to an activating group) is 1. The van der Waals surface area contributed by atoms with E-state index >= 15 is 0 Å². The number of fused-ring (bicyclic) bond motifs is 14. The molecular formula is C43H59N3O12. The van der Waals surface area contributed by atoms with E-state index in [0.29, 0.717) is 13.1 Å². The van der Waals surface area contributed by atoms with E-state index in [1.165, 1.54) is 46.3 Å². The van der Waals surface area contributed by atoms with Gasteiger partial charge in [-0.2, -0.15) is 0 Å². The molecule has 5 bridgehead atoms. The maximum Gasteiger partial charge on any atom is 0.312 e. The summed E-state index contributed by atoms with van der Waals surface area (Å²) in [6.45, 7) is 15.4. The number of benzene rings is 2. The van der Waals surface area contributed by atoms with Gasteiger partial charge in [-0.15, -0.1) is 0 Å². The lowest BCUT2D eigenvalue weighted by molar-refractivity contribution is -0.160. The Kier molecular flexibility index (Phi) is 13.5. The number of aromatic hydroxyl groups is 3. The number of methoxy groups -OCH3 is 1. The van der Waals surface area contributed by atoms with Crippen molar-refractivity contribution in [3.8, 4) is 23.0 Å². The van der Waals surface area contributed by atoms with Gasteiger partial charge in [0.15, 0.2) is 5.75 Å². The molecule has 4 heterocycles. The second kappa shape index (κ2) is 17.7. The summed E-state index contributed by atoms with van der Waals surface area (Å²) in [7, 11) is 3.44. The highest BCUT2D eigenvalue weighted by Gasteiger charge is 2.50. The number of nitrogens with zero attached hydrogens (tertiary/aromatic N) is 2. The molecule has 1 fully saturated rings. The van der Waals surface area contributed by atoms with E-state index in [2.05, 4.69) is 10.2 Å². The number of carbonyl (C=O) groups excluding carboxylic acids is 3. The van der Waals surface area contributed by atoms with Crippen molar-refractivity contribution in [2.75, 3.05) is 45.7 Å². The molecule has 0 spiro atoms. The summed E-state index contributed by atoms with van der Waals surface area (Å²) in [6.07, 6.45) is 3.73. The number of phenolic OH excluding ortho intramolecular Hbond substituents is 3. The molecule has 58 heavy (non-hydrogen) atoms. The SMILES string of the molecule is CO[C@@H]1C=CO[C@@]2(C)Oc3c(C)c(O)c4c(O)c(c(CN5CCN(C)CC5)c(O)c4c3C2=O)NC(=O)C(C)=CC=C[C@H](C)[C@H](O)[C@H](C)[C@H](O)[C@H](C)[C@H](OC(C)=O)[C@@H]1C. The Balaban J connectivity index is 1.70. The molecule has 318 valence electrons. The fourth-order valence-corrected chi connectivity index (χ4v) is 8.17. The highest BCUT2D eigenvalue weighted by Crippen LogP contribution is 2.55. The van der Waals surface area contributed by atoms with E-state index in [4.69, 9.17) is 18.9 Å². The van der Waals surface area contributed by atoms with Crippen LogP contribution in [-0.4, -0.2) is 124 Å². The van der Waals surface area contributed by atoms with Gasteiger partial charge in [-0.05, 0) is 27.0 Å². The Bertz CT molecular complexity index is 2000. The molecular weight excluding hydrogens is 750 g/mol. The Morgan fingerprint density at radius 2 is 1.59 bits per heavy atom. The van der Waals surface area contributed by atoms with Crippen LogP contribution in [0.25, 0.3) is 10.8 Å². The van der Waals surface area contributed by atoms with Crippen LogP contribution < -0.4 is 10.1 Å². The van der Waals surface area contributed by atoms with Crippen LogP contribution >= 0.6 is 0 Å². The van der Waals surface area contributed by atoms with Crippen molar-refractivity contribution in [3.63, 3.8) is 0 Å². The molecule has 2 aromatic rings. The van der Waals surface area contributed by atoms with Crippen LogP contribution in [0.2, 0.25) is 0 Å². The number of aliphatic hydroxyl groups is 2. The van der Waals surface area contributed by atoms with Crippen LogP contribution in [0.5, 0.6) is 23.0 Å². The number of piperazine rings is 1. The summed E-state index contributed by atoms with van der Waals surface area (Å²) in [5, 5.41) is 60.9. The van der Waals surface area contributed by atoms with E-state index in [-0.39, 0.29) is 51.0 Å². The van der Waals surface area contributed by atoms with Gasteiger partial charge in [0.05, 0.1) is 41.2 Å². The summed E-state index contributed by atoms with van der Waals surface area (Å²) in [4.78, 5) is 44.7. The van der Waals surface area contributed by atoms with Crippen molar-refractivity contribution in [2.45, 2.75) is 92.1 Å². The van der Waals surface area contributed by atoms with E-state index in [0.717, 1.165) is 13.1 Å². The molecule has 2 aromatic carbocycles. The van der Waals surface area contributed by atoms with Gasteiger partial charge in [-0.3, -0.25) is 19.3 Å². The van der Waals surface area contributed by atoms with Crippen LogP contribution in [0.15, 0.2) is 36.1 Å². The summed E-state index contributed by atoms with van der Waals surface area (Å²) in [5.41, 5.74) is 0.176. The van der Waals surface area contributed by atoms with Crippen molar-refractivity contribution < 1.29 is 58.9 Å². The molecule has 9 atom stereocenters. The number of hydrogen-bond donors (Lipinski definition) is 6. The third-order valence-electron chi connectivity index (χ3n) is 12.1. The molecule has 4 aliphatic rings. The second-order valence-electron chi connectivity index (χ2n) is 16.3. The lowest BCUT2D eigenvalue weighted by Crippen LogP contribution is -2.46. The zero-order valence-corrected chi connectivity index (χ0v) is 35.0. The van der Waals surface area contributed by atoms with E-state index < -0.39 is 88.8 Å². The third kappa shape index (κ3) is 8.55. The monoisotopic (exact) mass is 809 g/mol.